The maximum atomic E-state index is 13.0. The van der Waals surface area contributed by atoms with Gasteiger partial charge in [-0.2, -0.15) is 0 Å². The summed E-state index contributed by atoms with van der Waals surface area (Å²) in [6.45, 7) is 0. The lowest BCUT2D eigenvalue weighted by Crippen LogP contribution is -2.37. The molecule has 1 aromatic carbocycles. The number of hydrogen-bond acceptors (Lipinski definition) is 4. The van der Waals surface area contributed by atoms with Crippen molar-refractivity contribution >= 4 is 22.8 Å². The summed E-state index contributed by atoms with van der Waals surface area (Å²) < 4.78 is 13.0. The number of benzene rings is 1. The summed E-state index contributed by atoms with van der Waals surface area (Å²) in [4.78, 5) is 34.8. The molecule has 0 aliphatic rings. The van der Waals surface area contributed by atoms with Gasteiger partial charge in [-0.25, -0.2) is 14.4 Å². The number of primary amides is 1. The topological polar surface area (TPSA) is 114 Å². The maximum Gasteiger partial charge on any atom is 0.271 e. The normalized spacial score (nSPS) is 12.0. The molecule has 0 spiro atoms. The van der Waals surface area contributed by atoms with E-state index in [1.165, 1.54) is 30.6 Å². The third-order valence-corrected chi connectivity index (χ3v) is 3.33. The van der Waals surface area contributed by atoms with Crippen molar-refractivity contribution in [3.05, 3.63) is 59.9 Å². The number of halogens is 1. The van der Waals surface area contributed by atoms with Crippen LogP contribution in [0.5, 0.6) is 0 Å². The largest absolute Gasteiger partial charge is 0.368 e. The molecule has 23 heavy (non-hydrogen) atoms. The molecule has 116 valence electrons. The summed E-state index contributed by atoms with van der Waals surface area (Å²) >= 11 is 0. The maximum absolute atomic E-state index is 13.0. The molecule has 0 saturated carbocycles. The van der Waals surface area contributed by atoms with Gasteiger partial charge in [0.2, 0.25) is 5.91 Å². The fourth-order valence-corrected chi connectivity index (χ4v) is 2.23. The number of nitrogens with one attached hydrogen (secondary N) is 2. The van der Waals surface area contributed by atoms with Gasteiger partial charge in [0, 0.05) is 6.20 Å². The van der Waals surface area contributed by atoms with Gasteiger partial charge in [-0.3, -0.25) is 9.59 Å². The van der Waals surface area contributed by atoms with Crippen LogP contribution >= 0.6 is 0 Å². The lowest BCUT2D eigenvalue weighted by molar-refractivity contribution is -0.120. The Kier molecular flexibility index (Phi) is 3.71. The molecule has 3 aromatic rings. The Labute approximate surface area is 129 Å². The van der Waals surface area contributed by atoms with Gasteiger partial charge < -0.3 is 16.0 Å². The molecule has 3 rings (SSSR count). The van der Waals surface area contributed by atoms with Crippen LogP contribution in [0.2, 0.25) is 0 Å². The summed E-state index contributed by atoms with van der Waals surface area (Å²) in [7, 11) is 0. The Morgan fingerprint density at radius 2 is 1.91 bits per heavy atom. The van der Waals surface area contributed by atoms with Crippen molar-refractivity contribution < 1.29 is 14.0 Å². The summed E-state index contributed by atoms with van der Waals surface area (Å²) in [5.41, 5.74) is 6.34. The highest BCUT2D eigenvalue weighted by molar-refractivity contribution is 6.05. The van der Waals surface area contributed by atoms with Gasteiger partial charge in [-0.05, 0) is 23.8 Å². The van der Waals surface area contributed by atoms with E-state index in [0.717, 1.165) is 0 Å². The zero-order valence-corrected chi connectivity index (χ0v) is 11.8. The number of nitrogens with two attached hydrogens (primary N) is 1. The van der Waals surface area contributed by atoms with E-state index < -0.39 is 23.7 Å². The Morgan fingerprint density at radius 1 is 1.17 bits per heavy atom. The van der Waals surface area contributed by atoms with Crippen molar-refractivity contribution in [3.63, 3.8) is 0 Å². The molecule has 0 bridgehead atoms. The smallest absolute Gasteiger partial charge is 0.271 e. The average Bonchev–Trinajstić information content (AvgIpc) is 3.01. The molecular formula is C15H12FN5O2. The van der Waals surface area contributed by atoms with E-state index in [1.54, 1.807) is 12.3 Å². The highest BCUT2D eigenvalue weighted by Gasteiger charge is 2.23. The van der Waals surface area contributed by atoms with E-state index in [1.807, 2.05) is 0 Å². The molecule has 0 saturated heterocycles. The first-order chi connectivity index (χ1) is 11.1. The molecule has 8 heteroatoms. The van der Waals surface area contributed by atoms with E-state index in [2.05, 4.69) is 20.3 Å². The minimum atomic E-state index is -1.09. The Balaban J connectivity index is 1.91. The quantitative estimate of drug-likeness (QED) is 0.668. The van der Waals surface area contributed by atoms with Gasteiger partial charge in [-0.1, -0.05) is 12.1 Å². The molecule has 0 aliphatic heterocycles. The number of fused-ring (bicyclic) bond motifs is 1. The molecule has 0 fully saturated rings. The Morgan fingerprint density at radius 3 is 2.61 bits per heavy atom. The van der Waals surface area contributed by atoms with Crippen molar-refractivity contribution in [2.24, 2.45) is 5.73 Å². The van der Waals surface area contributed by atoms with E-state index >= 15 is 0 Å². The average molecular weight is 313 g/mol. The standard InChI is InChI=1S/C15H12FN5O2/c16-9-3-1-8(2-4-9)11(13(17)22)21-15(23)12-10-5-6-18-14(10)20-7-19-12/h1-7,11H,(H2,17,22)(H,21,23)(H,18,19,20)/t11-/m0/s1. The molecule has 1 atom stereocenters. The third kappa shape index (κ3) is 2.86. The van der Waals surface area contributed by atoms with Gasteiger partial charge in [0.1, 0.15) is 29.5 Å². The minimum absolute atomic E-state index is 0.115. The predicted molar refractivity (Wildman–Crippen MR) is 79.7 cm³/mol. The van der Waals surface area contributed by atoms with Crippen LogP contribution in [-0.2, 0) is 4.79 Å². The zero-order chi connectivity index (χ0) is 16.4. The number of rotatable bonds is 4. The number of nitrogens with zero attached hydrogens (tertiary/aromatic N) is 2. The second-order valence-electron chi connectivity index (χ2n) is 4.82. The number of hydrogen-bond donors (Lipinski definition) is 3. The van der Waals surface area contributed by atoms with Crippen molar-refractivity contribution in [2.45, 2.75) is 6.04 Å². The molecule has 2 amide bonds. The van der Waals surface area contributed by atoms with Crippen LogP contribution in [0.3, 0.4) is 0 Å². The SMILES string of the molecule is NC(=O)[C@@H](NC(=O)c1ncnc2[nH]ccc12)c1ccc(F)cc1. The van der Waals surface area contributed by atoms with Crippen LogP contribution < -0.4 is 11.1 Å². The molecule has 0 radical (unpaired) electrons. The zero-order valence-electron chi connectivity index (χ0n) is 11.8. The van der Waals surface area contributed by atoms with E-state index in [-0.39, 0.29) is 5.69 Å². The number of amides is 2. The number of aromatic nitrogens is 3. The first kappa shape index (κ1) is 14.6. The number of H-pyrrole nitrogens is 1. The number of carbonyl (C=O) groups is 2. The molecule has 0 unspecified atom stereocenters. The lowest BCUT2D eigenvalue weighted by Gasteiger charge is -2.15. The van der Waals surface area contributed by atoms with E-state index in [0.29, 0.717) is 16.6 Å². The summed E-state index contributed by atoms with van der Waals surface area (Å²) in [6.07, 6.45) is 2.87. The van der Waals surface area contributed by atoms with Gasteiger partial charge in [0.25, 0.3) is 5.91 Å². The van der Waals surface area contributed by atoms with Crippen LogP contribution in [0.25, 0.3) is 11.0 Å². The lowest BCUT2D eigenvalue weighted by atomic mass is 10.1. The molecule has 2 aromatic heterocycles. The first-order valence-corrected chi connectivity index (χ1v) is 6.70. The predicted octanol–water partition coefficient (Wildman–Crippen LogP) is 1.05. The van der Waals surface area contributed by atoms with Gasteiger partial charge in [-0.15, -0.1) is 0 Å². The number of carbonyl (C=O) groups excluding carboxylic acids is 2. The van der Waals surface area contributed by atoms with Crippen LogP contribution in [0.15, 0.2) is 42.9 Å². The van der Waals surface area contributed by atoms with Crippen molar-refractivity contribution in [1.29, 1.82) is 0 Å². The summed E-state index contributed by atoms with van der Waals surface area (Å²) in [5.74, 6) is -1.79. The van der Waals surface area contributed by atoms with E-state index in [9.17, 15) is 14.0 Å². The van der Waals surface area contributed by atoms with Crippen LogP contribution in [-0.4, -0.2) is 26.8 Å². The van der Waals surface area contributed by atoms with Gasteiger partial charge >= 0.3 is 0 Å². The molecule has 4 N–H and O–H groups in total. The summed E-state index contributed by atoms with van der Waals surface area (Å²) in [5, 5.41) is 3.03. The van der Waals surface area contributed by atoms with Crippen LogP contribution in [0.4, 0.5) is 4.39 Å². The number of aromatic amines is 1. The fraction of sp³-hybridized carbons (Fsp3) is 0.0667. The fourth-order valence-electron chi connectivity index (χ4n) is 2.23. The van der Waals surface area contributed by atoms with Crippen molar-refractivity contribution in [3.8, 4) is 0 Å². The minimum Gasteiger partial charge on any atom is -0.368 e. The molecule has 2 heterocycles. The summed E-state index contributed by atoms with van der Waals surface area (Å²) in [6, 6.07) is 5.71. The van der Waals surface area contributed by atoms with E-state index in [4.69, 9.17) is 5.73 Å². The highest BCUT2D eigenvalue weighted by Crippen LogP contribution is 2.17. The van der Waals surface area contributed by atoms with Crippen molar-refractivity contribution in [2.75, 3.05) is 0 Å². The highest BCUT2D eigenvalue weighted by atomic mass is 19.1. The third-order valence-electron chi connectivity index (χ3n) is 3.33. The second kappa shape index (κ2) is 5.84. The van der Waals surface area contributed by atoms with Crippen molar-refractivity contribution in [1.82, 2.24) is 20.3 Å². The molecule has 7 nitrogen and oxygen atoms in total. The monoisotopic (exact) mass is 313 g/mol. The Hall–Kier alpha value is -3.29. The van der Waals surface area contributed by atoms with Gasteiger partial charge in [0.15, 0.2) is 0 Å². The first-order valence-electron chi connectivity index (χ1n) is 6.70. The Bertz CT molecular complexity index is 875. The molecular weight excluding hydrogens is 301 g/mol. The second-order valence-corrected chi connectivity index (χ2v) is 4.82. The van der Waals surface area contributed by atoms with Crippen LogP contribution in [0.1, 0.15) is 22.1 Å². The molecule has 0 aliphatic carbocycles. The van der Waals surface area contributed by atoms with Gasteiger partial charge in [0.05, 0.1) is 5.39 Å². The van der Waals surface area contributed by atoms with Crippen LogP contribution in [0, 0.1) is 5.82 Å².